The fourth-order valence-corrected chi connectivity index (χ4v) is 8.05. The van der Waals surface area contributed by atoms with E-state index in [2.05, 4.69) is 115 Å². The first-order valence-electron chi connectivity index (χ1n) is 14.5. The monoisotopic (exact) mass is 566 g/mol. The molecule has 0 aliphatic carbocycles. The molecule has 0 saturated carbocycles. The van der Waals surface area contributed by atoms with Crippen LogP contribution in [0.2, 0.25) is 0 Å². The van der Waals surface area contributed by atoms with Crippen molar-refractivity contribution >= 4 is 86.0 Å². The van der Waals surface area contributed by atoms with Crippen molar-refractivity contribution in [3.63, 3.8) is 0 Å². The van der Waals surface area contributed by atoms with Gasteiger partial charge in [0.1, 0.15) is 22.5 Å². The van der Waals surface area contributed by atoms with Gasteiger partial charge in [0.2, 0.25) is 0 Å². The maximum Gasteiger partial charge on any atom is 0.136 e. The highest BCUT2D eigenvalue weighted by Crippen LogP contribution is 2.46. The van der Waals surface area contributed by atoms with E-state index in [0.717, 1.165) is 44.2 Å². The summed E-state index contributed by atoms with van der Waals surface area (Å²) >= 11 is 1.86. The molecule has 7 aromatic carbocycles. The molecule has 0 aliphatic rings. The minimum absolute atomic E-state index is 0.862. The van der Waals surface area contributed by atoms with Crippen molar-refractivity contribution in [3.05, 3.63) is 133 Å². The first-order chi connectivity index (χ1) is 21.3. The highest BCUT2D eigenvalue weighted by atomic mass is 32.1. The minimum atomic E-state index is 0.862. The molecule has 2 nitrogen and oxygen atoms in total. The average Bonchev–Trinajstić information content (AvgIpc) is 3.74. The van der Waals surface area contributed by atoms with E-state index in [1.54, 1.807) is 0 Å². The average molecular weight is 567 g/mol. The molecule has 10 rings (SSSR count). The molecule has 0 saturated heterocycles. The van der Waals surface area contributed by atoms with E-state index in [-0.39, 0.29) is 0 Å². The van der Waals surface area contributed by atoms with E-state index < -0.39 is 0 Å². The van der Waals surface area contributed by atoms with Crippen molar-refractivity contribution in [2.45, 2.75) is 0 Å². The van der Waals surface area contributed by atoms with Gasteiger partial charge in [0.15, 0.2) is 0 Å². The Balaban J connectivity index is 1.26. The summed E-state index contributed by atoms with van der Waals surface area (Å²) in [5.74, 6) is 0.866. The lowest BCUT2D eigenvalue weighted by atomic mass is 9.87. The maximum atomic E-state index is 6.70. The third-order valence-electron chi connectivity index (χ3n) is 8.86. The molecule has 0 atom stereocenters. The normalized spacial score (nSPS) is 12.2. The Morgan fingerprint density at radius 3 is 1.77 bits per heavy atom. The molecule has 200 valence electrons. The van der Waals surface area contributed by atoms with Gasteiger partial charge in [0.25, 0.3) is 0 Å². The quantitative estimate of drug-likeness (QED) is 0.195. The number of furan rings is 2. The van der Waals surface area contributed by atoms with Crippen molar-refractivity contribution in [2.24, 2.45) is 0 Å². The Labute approximate surface area is 250 Å². The van der Waals surface area contributed by atoms with Crippen molar-refractivity contribution < 1.29 is 8.83 Å². The smallest absolute Gasteiger partial charge is 0.136 e. The summed E-state index contributed by atoms with van der Waals surface area (Å²) in [6, 6.07) is 47.7. The summed E-state index contributed by atoms with van der Waals surface area (Å²) in [5.41, 5.74) is 6.24. The Morgan fingerprint density at radius 1 is 0.372 bits per heavy atom. The van der Waals surface area contributed by atoms with Crippen LogP contribution >= 0.6 is 11.3 Å². The summed E-state index contributed by atoms with van der Waals surface area (Å²) in [5, 5.41) is 10.6. The fourth-order valence-electron chi connectivity index (χ4n) is 6.97. The molecular formula is C40H22O2S. The second-order valence-corrected chi connectivity index (χ2v) is 12.3. The largest absolute Gasteiger partial charge is 0.456 e. The molecule has 0 unspecified atom stereocenters. The predicted molar refractivity (Wildman–Crippen MR) is 182 cm³/mol. The van der Waals surface area contributed by atoms with Gasteiger partial charge in [-0.05, 0) is 75.1 Å². The lowest BCUT2D eigenvalue weighted by molar-refractivity contribution is 0.633. The molecule has 0 radical (unpaired) electrons. The van der Waals surface area contributed by atoms with Gasteiger partial charge in [-0.3, -0.25) is 0 Å². The molecule has 0 N–H and O–H groups in total. The molecule has 0 aliphatic heterocycles. The Hall–Kier alpha value is -5.38. The van der Waals surface area contributed by atoms with Crippen LogP contribution in [0.4, 0.5) is 0 Å². The first kappa shape index (κ1) is 23.2. The van der Waals surface area contributed by atoms with Gasteiger partial charge in [-0.2, -0.15) is 0 Å². The van der Waals surface area contributed by atoms with Crippen molar-refractivity contribution in [3.8, 4) is 22.5 Å². The van der Waals surface area contributed by atoms with Crippen LogP contribution in [0.15, 0.2) is 142 Å². The van der Waals surface area contributed by atoms with Crippen LogP contribution in [0, 0.1) is 0 Å². The molecule has 3 heterocycles. The van der Waals surface area contributed by atoms with E-state index in [4.69, 9.17) is 8.83 Å². The number of benzene rings is 7. The van der Waals surface area contributed by atoms with Crippen LogP contribution < -0.4 is 0 Å². The zero-order valence-electron chi connectivity index (χ0n) is 22.9. The predicted octanol–water partition coefficient (Wildman–Crippen LogP) is 12.3. The van der Waals surface area contributed by atoms with Crippen molar-refractivity contribution in [1.82, 2.24) is 0 Å². The van der Waals surface area contributed by atoms with Gasteiger partial charge < -0.3 is 8.83 Å². The number of rotatable bonds is 2. The number of hydrogen-bond donors (Lipinski definition) is 0. The number of thiophene rings is 1. The van der Waals surface area contributed by atoms with Crippen LogP contribution in [0.1, 0.15) is 0 Å². The molecular weight excluding hydrogens is 545 g/mol. The van der Waals surface area contributed by atoms with Gasteiger partial charge in [-0.25, -0.2) is 0 Å². The summed E-state index contributed by atoms with van der Waals surface area (Å²) in [4.78, 5) is 0. The zero-order chi connectivity index (χ0) is 28.1. The third kappa shape index (κ3) is 3.28. The lowest BCUT2D eigenvalue weighted by Crippen LogP contribution is -1.89. The van der Waals surface area contributed by atoms with Crippen LogP contribution in [0.25, 0.3) is 97.1 Å². The zero-order valence-corrected chi connectivity index (χ0v) is 23.7. The Kier molecular flexibility index (Phi) is 4.63. The summed E-state index contributed by atoms with van der Waals surface area (Å²) in [6.45, 7) is 0. The van der Waals surface area contributed by atoms with Crippen LogP contribution in [-0.4, -0.2) is 0 Å². The molecule has 0 spiro atoms. The summed E-state index contributed by atoms with van der Waals surface area (Å²) in [7, 11) is 0. The first-order valence-corrected chi connectivity index (χ1v) is 15.3. The van der Waals surface area contributed by atoms with Crippen molar-refractivity contribution in [2.75, 3.05) is 0 Å². The summed E-state index contributed by atoms with van der Waals surface area (Å²) < 4.78 is 15.5. The molecule has 3 heteroatoms. The molecule has 43 heavy (non-hydrogen) atoms. The topological polar surface area (TPSA) is 26.3 Å². The Bertz CT molecular complexity index is 2680. The van der Waals surface area contributed by atoms with Gasteiger partial charge in [-0.15, -0.1) is 11.3 Å². The van der Waals surface area contributed by atoms with E-state index in [1.807, 2.05) is 29.5 Å². The van der Waals surface area contributed by atoms with Crippen LogP contribution in [-0.2, 0) is 0 Å². The number of hydrogen-bond acceptors (Lipinski definition) is 3. The summed E-state index contributed by atoms with van der Waals surface area (Å²) in [6.07, 6.45) is 0. The van der Waals surface area contributed by atoms with Crippen LogP contribution in [0.3, 0.4) is 0 Å². The Morgan fingerprint density at radius 2 is 1.00 bits per heavy atom. The molecule has 0 bridgehead atoms. The highest BCUT2D eigenvalue weighted by Gasteiger charge is 2.20. The highest BCUT2D eigenvalue weighted by molar-refractivity contribution is 7.25. The molecule has 0 fully saturated rings. The van der Waals surface area contributed by atoms with Gasteiger partial charge in [0, 0.05) is 41.9 Å². The standard InChI is InChI=1S/C40H22O2S/c1-3-13-29-27(11-1)39(23-17-18-38-32(19-23)26-10-6-8-16-37(26)43-38)28-12-2-4-14-30(28)40(29)36-21-24-20-35-31(22-34(24)42-36)25-9-5-7-15-33(25)41-35/h1-22H. The third-order valence-corrected chi connectivity index (χ3v) is 10.0. The molecule has 3 aromatic heterocycles. The fraction of sp³-hybridized carbons (Fsp3) is 0. The van der Waals surface area contributed by atoms with Gasteiger partial charge >= 0.3 is 0 Å². The number of para-hydroxylation sites is 1. The maximum absolute atomic E-state index is 6.70. The lowest BCUT2D eigenvalue weighted by Gasteiger charge is -2.16. The van der Waals surface area contributed by atoms with Gasteiger partial charge in [-0.1, -0.05) is 91.0 Å². The van der Waals surface area contributed by atoms with Crippen LogP contribution in [0.5, 0.6) is 0 Å². The van der Waals surface area contributed by atoms with E-state index in [1.165, 1.54) is 52.8 Å². The van der Waals surface area contributed by atoms with Crippen molar-refractivity contribution in [1.29, 1.82) is 0 Å². The molecule has 0 amide bonds. The minimum Gasteiger partial charge on any atom is -0.456 e. The second kappa shape index (κ2) is 8.57. The van der Waals surface area contributed by atoms with E-state index >= 15 is 0 Å². The van der Waals surface area contributed by atoms with E-state index in [0.29, 0.717) is 0 Å². The molecule has 10 aromatic rings. The SMILES string of the molecule is c1ccc2c(c1)oc1cc3cc(-c4c5ccccc5c(-c5ccc6sc7ccccc7c6c5)c5ccccc45)oc3cc12. The second-order valence-electron chi connectivity index (χ2n) is 11.2. The van der Waals surface area contributed by atoms with Gasteiger partial charge in [0.05, 0.1) is 0 Å². The van der Waals surface area contributed by atoms with E-state index in [9.17, 15) is 0 Å². The number of fused-ring (bicyclic) bond motifs is 9.